The van der Waals surface area contributed by atoms with Gasteiger partial charge in [0, 0.05) is 6.04 Å². The molecular formula is C15H21F2NO. The van der Waals surface area contributed by atoms with Crippen LogP contribution < -0.4 is 5.32 Å². The molecule has 1 aromatic carbocycles. The van der Waals surface area contributed by atoms with Crippen molar-refractivity contribution < 1.29 is 13.9 Å². The molecule has 19 heavy (non-hydrogen) atoms. The first-order valence-corrected chi connectivity index (χ1v) is 6.66. The normalized spacial score (nSPS) is 22.1. The number of hydrogen-bond acceptors (Lipinski definition) is 2. The third kappa shape index (κ3) is 3.12. The average molecular weight is 269 g/mol. The standard InChI is InChI=1S/C15H21F2NO/c1-14(2)8-7-11-5-3-4-6-12(11)13(14)18-9-15(16,17)10-19/h3-6,13,18-19H,7-10H2,1-2H3. The highest BCUT2D eigenvalue weighted by molar-refractivity contribution is 5.34. The topological polar surface area (TPSA) is 32.3 Å². The zero-order chi connectivity index (χ0) is 14.1. The third-order valence-corrected chi connectivity index (χ3v) is 3.98. The molecule has 106 valence electrons. The van der Waals surface area contributed by atoms with Gasteiger partial charge in [-0.2, -0.15) is 0 Å². The van der Waals surface area contributed by atoms with Crippen LogP contribution in [0.5, 0.6) is 0 Å². The minimum atomic E-state index is -3.07. The van der Waals surface area contributed by atoms with Gasteiger partial charge in [-0.3, -0.25) is 0 Å². The first kappa shape index (κ1) is 14.4. The fourth-order valence-electron chi connectivity index (χ4n) is 2.76. The summed E-state index contributed by atoms with van der Waals surface area (Å²) in [6, 6.07) is 7.89. The molecule has 0 aromatic heterocycles. The lowest BCUT2D eigenvalue weighted by atomic mass is 9.70. The number of aliphatic hydroxyl groups is 1. The molecule has 0 spiro atoms. The Morgan fingerprint density at radius 3 is 2.74 bits per heavy atom. The predicted octanol–water partition coefficient (Wildman–Crippen LogP) is 2.92. The van der Waals surface area contributed by atoms with E-state index in [2.05, 4.69) is 25.2 Å². The summed E-state index contributed by atoms with van der Waals surface area (Å²) < 4.78 is 26.4. The Kier molecular flexibility index (Phi) is 3.92. The summed E-state index contributed by atoms with van der Waals surface area (Å²) in [5.74, 6) is -3.07. The Balaban J connectivity index is 2.21. The maximum absolute atomic E-state index is 13.2. The molecule has 2 nitrogen and oxygen atoms in total. The quantitative estimate of drug-likeness (QED) is 0.881. The molecule has 0 amide bonds. The zero-order valence-corrected chi connectivity index (χ0v) is 11.4. The number of aliphatic hydroxyl groups excluding tert-OH is 1. The van der Waals surface area contributed by atoms with Crippen LogP contribution in [0.25, 0.3) is 0 Å². The highest BCUT2D eigenvalue weighted by Crippen LogP contribution is 2.43. The molecule has 1 aromatic rings. The van der Waals surface area contributed by atoms with Crippen molar-refractivity contribution in [1.29, 1.82) is 0 Å². The average Bonchev–Trinajstić information content (AvgIpc) is 2.37. The Hall–Kier alpha value is -1.00. The van der Waals surface area contributed by atoms with E-state index in [0.29, 0.717) is 0 Å². The van der Waals surface area contributed by atoms with Crippen molar-refractivity contribution in [2.45, 2.75) is 38.7 Å². The lowest BCUT2D eigenvalue weighted by Gasteiger charge is -2.41. The van der Waals surface area contributed by atoms with Crippen LogP contribution in [0.15, 0.2) is 24.3 Å². The van der Waals surface area contributed by atoms with Gasteiger partial charge in [0.05, 0.1) is 6.54 Å². The SMILES string of the molecule is CC1(C)CCc2ccccc2C1NCC(F)(F)CO. The van der Waals surface area contributed by atoms with Gasteiger partial charge in [-0.05, 0) is 29.4 Å². The van der Waals surface area contributed by atoms with Gasteiger partial charge in [-0.1, -0.05) is 38.1 Å². The van der Waals surface area contributed by atoms with Crippen molar-refractivity contribution >= 4 is 0 Å². The Morgan fingerprint density at radius 2 is 2.05 bits per heavy atom. The summed E-state index contributed by atoms with van der Waals surface area (Å²) in [6.45, 7) is 2.58. The van der Waals surface area contributed by atoms with Crippen molar-refractivity contribution in [1.82, 2.24) is 5.32 Å². The molecule has 0 saturated heterocycles. The van der Waals surface area contributed by atoms with Crippen LogP contribution in [0.3, 0.4) is 0 Å². The Bertz CT molecular complexity index is 446. The summed E-state index contributed by atoms with van der Waals surface area (Å²) in [5.41, 5.74) is 2.26. The van der Waals surface area contributed by atoms with Crippen LogP contribution in [-0.4, -0.2) is 24.2 Å². The van der Waals surface area contributed by atoms with Gasteiger partial charge >= 0.3 is 0 Å². The van der Waals surface area contributed by atoms with E-state index in [1.165, 1.54) is 5.56 Å². The van der Waals surface area contributed by atoms with Crippen LogP contribution in [0.2, 0.25) is 0 Å². The molecule has 0 saturated carbocycles. The lowest BCUT2D eigenvalue weighted by Crippen LogP contribution is -2.44. The molecule has 4 heteroatoms. The molecule has 0 fully saturated rings. The largest absolute Gasteiger partial charge is 0.390 e. The fourth-order valence-corrected chi connectivity index (χ4v) is 2.76. The summed E-state index contributed by atoms with van der Waals surface area (Å²) >= 11 is 0. The number of benzene rings is 1. The van der Waals surface area contributed by atoms with Crippen molar-refractivity contribution in [3.05, 3.63) is 35.4 Å². The molecule has 1 unspecified atom stereocenters. The second-order valence-corrected chi connectivity index (χ2v) is 6.02. The number of nitrogens with one attached hydrogen (secondary N) is 1. The van der Waals surface area contributed by atoms with Crippen LogP contribution in [0.1, 0.15) is 37.4 Å². The van der Waals surface area contributed by atoms with Crippen LogP contribution in [-0.2, 0) is 6.42 Å². The summed E-state index contributed by atoms with van der Waals surface area (Å²) in [4.78, 5) is 0. The molecule has 1 aliphatic rings. The minimum Gasteiger partial charge on any atom is -0.390 e. The van der Waals surface area contributed by atoms with Gasteiger partial charge in [-0.25, -0.2) is 8.78 Å². The smallest absolute Gasteiger partial charge is 0.282 e. The van der Waals surface area contributed by atoms with Crippen molar-refractivity contribution in [3.8, 4) is 0 Å². The van der Waals surface area contributed by atoms with E-state index in [-0.39, 0.29) is 11.5 Å². The van der Waals surface area contributed by atoms with Gasteiger partial charge in [0.2, 0.25) is 0 Å². The summed E-state index contributed by atoms with van der Waals surface area (Å²) in [7, 11) is 0. The highest BCUT2D eigenvalue weighted by Gasteiger charge is 2.38. The molecular weight excluding hydrogens is 248 g/mol. The maximum atomic E-state index is 13.2. The van der Waals surface area contributed by atoms with E-state index >= 15 is 0 Å². The zero-order valence-electron chi connectivity index (χ0n) is 11.4. The van der Waals surface area contributed by atoms with Gasteiger partial charge in [0.25, 0.3) is 5.92 Å². The third-order valence-electron chi connectivity index (χ3n) is 3.98. The summed E-state index contributed by atoms with van der Waals surface area (Å²) in [6.07, 6.45) is 1.95. The second-order valence-electron chi connectivity index (χ2n) is 6.02. The second kappa shape index (κ2) is 5.17. The molecule has 2 rings (SSSR count). The molecule has 1 aliphatic carbocycles. The maximum Gasteiger partial charge on any atom is 0.282 e. The van der Waals surface area contributed by atoms with E-state index in [1.807, 2.05) is 18.2 Å². The lowest BCUT2D eigenvalue weighted by molar-refractivity contribution is -0.0524. The van der Waals surface area contributed by atoms with Crippen molar-refractivity contribution in [2.75, 3.05) is 13.2 Å². The first-order chi connectivity index (χ1) is 8.86. The molecule has 0 heterocycles. The van der Waals surface area contributed by atoms with Gasteiger partial charge in [0.15, 0.2) is 0 Å². The minimum absolute atomic E-state index is 0.0696. The number of aryl methyl sites for hydroxylation is 1. The number of alkyl halides is 2. The van der Waals surface area contributed by atoms with Crippen LogP contribution in [0.4, 0.5) is 8.78 Å². The fraction of sp³-hybridized carbons (Fsp3) is 0.600. The van der Waals surface area contributed by atoms with Gasteiger partial charge < -0.3 is 10.4 Å². The van der Waals surface area contributed by atoms with E-state index in [4.69, 9.17) is 5.11 Å². The molecule has 0 bridgehead atoms. The van der Waals surface area contributed by atoms with Crippen LogP contribution in [0, 0.1) is 5.41 Å². The first-order valence-electron chi connectivity index (χ1n) is 6.66. The molecule has 0 aliphatic heterocycles. The van der Waals surface area contributed by atoms with E-state index < -0.39 is 19.1 Å². The molecule has 2 N–H and O–H groups in total. The van der Waals surface area contributed by atoms with E-state index in [9.17, 15) is 8.78 Å². The van der Waals surface area contributed by atoms with E-state index in [0.717, 1.165) is 18.4 Å². The summed E-state index contributed by atoms with van der Waals surface area (Å²) in [5, 5.41) is 11.6. The van der Waals surface area contributed by atoms with Crippen molar-refractivity contribution in [3.63, 3.8) is 0 Å². The number of fused-ring (bicyclic) bond motifs is 1. The highest BCUT2D eigenvalue weighted by atomic mass is 19.3. The monoisotopic (exact) mass is 269 g/mol. The molecule has 1 atom stereocenters. The number of rotatable bonds is 4. The number of halogens is 2. The Labute approximate surface area is 112 Å². The molecule has 0 radical (unpaired) electrons. The van der Waals surface area contributed by atoms with Crippen molar-refractivity contribution in [2.24, 2.45) is 5.41 Å². The van der Waals surface area contributed by atoms with Gasteiger partial charge in [0.1, 0.15) is 6.61 Å². The van der Waals surface area contributed by atoms with E-state index in [1.54, 1.807) is 0 Å². The van der Waals surface area contributed by atoms with Gasteiger partial charge in [-0.15, -0.1) is 0 Å². The number of hydrogen-bond donors (Lipinski definition) is 2. The predicted molar refractivity (Wildman–Crippen MR) is 71.3 cm³/mol. The van der Waals surface area contributed by atoms with Crippen LogP contribution >= 0.6 is 0 Å². The Morgan fingerprint density at radius 1 is 1.37 bits per heavy atom.